The second-order valence-electron chi connectivity index (χ2n) is 6.60. The highest BCUT2D eigenvalue weighted by Gasteiger charge is 2.35. The zero-order valence-corrected chi connectivity index (χ0v) is 11.6. The highest BCUT2D eigenvalue weighted by molar-refractivity contribution is 5.76. The van der Waals surface area contributed by atoms with Gasteiger partial charge in [0.25, 0.3) is 0 Å². The van der Waals surface area contributed by atoms with Crippen molar-refractivity contribution in [2.75, 3.05) is 13.1 Å². The molecule has 3 heteroatoms. The summed E-state index contributed by atoms with van der Waals surface area (Å²) >= 11 is 0. The number of piperidine rings is 1. The number of carbonyl (C=O) groups excluding carboxylic acids is 1. The van der Waals surface area contributed by atoms with Crippen molar-refractivity contribution in [1.82, 2.24) is 10.2 Å². The van der Waals surface area contributed by atoms with Gasteiger partial charge in [0.2, 0.25) is 5.91 Å². The number of terminal acetylenes is 1. The standard InChI is InChI=1S/C16H24N2O/c1-2-7-18(11-12-3-4-12)16(19)10-13-8-14-5-6-15(9-13)17-14/h1,12-15,17H,3-11H2. The first-order chi connectivity index (χ1) is 9.24. The molecule has 2 bridgehead atoms. The fourth-order valence-electron chi connectivity index (χ4n) is 3.69. The predicted octanol–water partition coefficient (Wildman–Crippen LogP) is 1.78. The average Bonchev–Trinajstić information content (AvgIpc) is 3.14. The van der Waals surface area contributed by atoms with Crippen LogP contribution in [0, 0.1) is 24.2 Å². The zero-order valence-electron chi connectivity index (χ0n) is 11.6. The number of nitrogens with one attached hydrogen (secondary N) is 1. The average molecular weight is 260 g/mol. The van der Waals surface area contributed by atoms with Crippen LogP contribution in [0.2, 0.25) is 0 Å². The number of rotatable bonds is 5. The van der Waals surface area contributed by atoms with Gasteiger partial charge in [-0.3, -0.25) is 4.79 Å². The van der Waals surface area contributed by atoms with Gasteiger partial charge < -0.3 is 10.2 Å². The topological polar surface area (TPSA) is 32.3 Å². The van der Waals surface area contributed by atoms with Crippen LogP contribution < -0.4 is 5.32 Å². The van der Waals surface area contributed by atoms with Crippen molar-refractivity contribution in [3.63, 3.8) is 0 Å². The molecule has 3 nitrogen and oxygen atoms in total. The highest BCUT2D eigenvalue weighted by atomic mass is 16.2. The Kier molecular flexibility index (Phi) is 3.79. The molecule has 0 radical (unpaired) electrons. The Labute approximate surface area is 116 Å². The van der Waals surface area contributed by atoms with Gasteiger partial charge in [0.05, 0.1) is 6.54 Å². The number of nitrogens with zero attached hydrogens (tertiary/aromatic N) is 1. The summed E-state index contributed by atoms with van der Waals surface area (Å²) in [6, 6.07) is 1.34. The van der Waals surface area contributed by atoms with Gasteiger partial charge in [0.15, 0.2) is 0 Å². The van der Waals surface area contributed by atoms with Crippen molar-refractivity contribution in [2.24, 2.45) is 11.8 Å². The van der Waals surface area contributed by atoms with Crippen molar-refractivity contribution in [3.05, 3.63) is 0 Å². The van der Waals surface area contributed by atoms with Gasteiger partial charge in [0.1, 0.15) is 0 Å². The largest absolute Gasteiger partial charge is 0.331 e. The number of fused-ring (bicyclic) bond motifs is 2. The van der Waals surface area contributed by atoms with Crippen molar-refractivity contribution in [2.45, 2.75) is 57.0 Å². The molecule has 104 valence electrons. The van der Waals surface area contributed by atoms with E-state index in [1.807, 2.05) is 4.90 Å². The SMILES string of the molecule is C#CCN(CC1CC1)C(=O)CC1CC2CCC(C1)N2. The van der Waals surface area contributed by atoms with Gasteiger partial charge in [-0.1, -0.05) is 5.92 Å². The summed E-state index contributed by atoms with van der Waals surface area (Å²) in [7, 11) is 0. The van der Waals surface area contributed by atoms with Gasteiger partial charge in [-0.15, -0.1) is 6.42 Å². The molecular weight excluding hydrogens is 236 g/mol. The first-order valence-corrected chi connectivity index (χ1v) is 7.72. The second kappa shape index (κ2) is 5.54. The van der Waals surface area contributed by atoms with E-state index in [1.165, 1.54) is 38.5 Å². The van der Waals surface area contributed by atoms with Crippen LogP contribution in [0.3, 0.4) is 0 Å². The van der Waals surface area contributed by atoms with Gasteiger partial charge in [-0.25, -0.2) is 0 Å². The van der Waals surface area contributed by atoms with Gasteiger partial charge in [0, 0.05) is 25.0 Å². The molecule has 2 heterocycles. The van der Waals surface area contributed by atoms with Crippen molar-refractivity contribution >= 4 is 5.91 Å². The molecule has 3 rings (SSSR count). The van der Waals surface area contributed by atoms with E-state index in [2.05, 4.69) is 11.2 Å². The molecule has 2 atom stereocenters. The van der Waals surface area contributed by atoms with E-state index in [0.717, 1.165) is 12.5 Å². The molecule has 1 saturated carbocycles. The fraction of sp³-hybridized carbons (Fsp3) is 0.812. The molecule has 0 aromatic rings. The molecule has 0 spiro atoms. The number of hydrogen-bond acceptors (Lipinski definition) is 2. The zero-order chi connectivity index (χ0) is 13.2. The lowest BCUT2D eigenvalue weighted by atomic mass is 9.89. The van der Waals surface area contributed by atoms with Gasteiger partial charge in [-0.2, -0.15) is 0 Å². The van der Waals surface area contributed by atoms with Crippen LogP contribution in [0.25, 0.3) is 0 Å². The third kappa shape index (κ3) is 3.30. The van der Waals surface area contributed by atoms with Gasteiger partial charge >= 0.3 is 0 Å². The van der Waals surface area contributed by atoms with Crippen LogP contribution in [0.1, 0.15) is 44.9 Å². The molecule has 2 unspecified atom stereocenters. The minimum atomic E-state index is 0.288. The quantitative estimate of drug-likeness (QED) is 0.764. The first kappa shape index (κ1) is 13.0. The van der Waals surface area contributed by atoms with Gasteiger partial charge in [-0.05, 0) is 50.4 Å². The Balaban J connectivity index is 1.52. The maximum Gasteiger partial charge on any atom is 0.223 e. The number of carbonyl (C=O) groups is 1. The second-order valence-corrected chi connectivity index (χ2v) is 6.60. The first-order valence-electron chi connectivity index (χ1n) is 7.72. The predicted molar refractivity (Wildman–Crippen MR) is 75.4 cm³/mol. The third-order valence-corrected chi connectivity index (χ3v) is 4.84. The summed E-state index contributed by atoms with van der Waals surface area (Å²) in [6.07, 6.45) is 13.6. The molecule has 0 aromatic heterocycles. The summed E-state index contributed by atoms with van der Waals surface area (Å²) in [5.74, 6) is 4.23. The Hall–Kier alpha value is -1.01. The van der Waals surface area contributed by atoms with Crippen molar-refractivity contribution in [1.29, 1.82) is 0 Å². The molecule has 19 heavy (non-hydrogen) atoms. The summed E-state index contributed by atoms with van der Waals surface area (Å²) in [4.78, 5) is 14.3. The monoisotopic (exact) mass is 260 g/mol. The van der Waals surface area contributed by atoms with E-state index in [4.69, 9.17) is 6.42 Å². The lowest BCUT2D eigenvalue weighted by Crippen LogP contribution is -2.41. The molecule has 3 fully saturated rings. The molecule has 1 aliphatic carbocycles. The van der Waals surface area contributed by atoms with Crippen LogP contribution in [-0.2, 0) is 4.79 Å². The van der Waals surface area contributed by atoms with E-state index >= 15 is 0 Å². The Bertz CT molecular complexity index is 371. The van der Waals surface area contributed by atoms with E-state index in [9.17, 15) is 4.79 Å². The Morgan fingerprint density at radius 1 is 1.16 bits per heavy atom. The molecule has 1 amide bonds. The van der Waals surface area contributed by atoms with E-state index in [-0.39, 0.29) is 5.91 Å². The lowest BCUT2D eigenvalue weighted by molar-refractivity contribution is -0.132. The van der Waals surface area contributed by atoms with E-state index in [1.54, 1.807) is 0 Å². The minimum absolute atomic E-state index is 0.288. The normalized spacial score (nSPS) is 32.9. The lowest BCUT2D eigenvalue weighted by Gasteiger charge is -2.30. The molecular formula is C16H24N2O. The Morgan fingerprint density at radius 2 is 1.84 bits per heavy atom. The molecule has 3 aliphatic rings. The van der Waals surface area contributed by atoms with Crippen molar-refractivity contribution < 1.29 is 4.79 Å². The third-order valence-electron chi connectivity index (χ3n) is 4.84. The summed E-state index contributed by atoms with van der Waals surface area (Å²) in [6.45, 7) is 1.38. The summed E-state index contributed by atoms with van der Waals surface area (Å²) in [5, 5.41) is 3.63. The smallest absolute Gasteiger partial charge is 0.223 e. The molecule has 2 saturated heterocycles. The maximum absolute atomic E-state index is 12.4. The Morgan fingerprint density at radius 3 is 2.42 bits per heavy atom. The number of amides is 1. The van der Waals surface area contributed by atoms with Crippen molar-refractivity contribution in [3.8, 4) is 12.3 Å². The molecule has 2 aliphatic heterocycles. The van der Waals surface area contributed by atoms with Crippen LogP contribution in [-0.4, -0.2) is 36.0 Å². The molecule has 0 aromatic carbocycles. The maximum atomic E-state index is 12.4. The van der Waals surface area contributed by atoms with E-state index < -0.39 is 0 Å². The van der Waals surface area contributed by atoms with Crippen LogP contribution in [0.15, 0.2) is 0 Å². The van der Waals surface area contributed by atoms with E-state index in [0.29, 0.717) is 31.0 Å². The van der Waals surface area contributed by atoms with Crippen LogP contribution in [0.4, 0.5) is 0 Å². The number of hydrogen-bond donors (Lipinski definition) is 1. The van der Waals surface area contributed by atoms with Crippen LogP contribution >= 0.6 is 0 Å². The molecule has 1 N–H and O–H groups in total. The van der Waals surface area contributed by atoms with Crippen LogP contribution in [0.5, 0.6) is 0 Å². The fourth-order valence-corrected chi connectivity index (χ4v) is 3.69. The summed E-state index contributed by atoms with van der Waals surface area (Å²) < 4.78 is 0. The minimum Gasteiger partial charge on any atom is -0.331 e. The summed E-state index contributed by atoms with van der Waals surface area (Å²) in [5.41, 5.74) is 0. The highest BCUT2D eigenvalue weighted by Crippen LogP contribution is 2.34.